The van der Waals surface area contributed by atoms with E-state index in [1.54, 1.807) is 0 Å². The minimum absolute atomic E-state index is 0.177. The van der Waals surface area contributed by atoms with E-state index in [-0.39, 0.29) is 6.67 Å². The molecule has 0 N–H and O–H groups in total. The Morgan fingerprint density at radius 3 is 1.96 bits per heavy atom. The average molecular weight is 352 g/mol. The number of nitrogens with zero attached hydrogens (tertiary/aromatic N) is 1. The van der Waals surface area contributed by atoms with Gasteiger partial charge in [0.1, 0.15) is 0 Å². The third-order valence-corrected chi connectivity index (χ3v) is 4.83. The quantitative estimate of drug-likeness (QED) is 0.248. The van der Waals surface area contributed by atoms with Crippen molar-refractivity contribution in [2.75, 3.05) is 19.8 Å². The molecular formula is C22H38FNO. The molecule has 1 saturated heterocycles. The second-order valence-corrected chi connectivity index (χ2v) is 7.11. The number of allylic oxidation sites excluding steroid dienone is 4. The Morgan fingerprint density at radius 1 is 0.760 bits per heavy atom. The second-order valence-electron chi connectivity index (χ2n) is 7.11. The van der Waals surface area contributed by atoms with Gasteiger partial charge in [-0.15, -0.1) is 0 Å². The molecule has 144 valence electrons. The Balaban J connectivity index is 1.80. The molecule has 1 heterocycles. The zero-order valence-electron chi connectivity index (χ0n) is 16.1. The predicted molar refractivity (Wildman–Crippen MR) is 105 cm³/mol. The number of rotatable bonds is 15. The number of amides is 1. The van der Waals surface area contributed by atoms with E-state index in [1.807, 2.05) is 4.90 Å². The minimum atomic E-state index is -0.177. The van der Waals surface area contributed by atoms with Crippen molar-refractivity contribution in [3.63, 3.8) is 0 Å². The number of carbonyl (C=O) groups is 1. The highest BCUT2D eigenvalue weighted by Gasteiger charge is 2.16. The summed E-state index contributed by atoms with van der Waals surface area (Å²) in [6.45, 7) is 1.79. The van der Waals surface area contributed by atoms with Crippen molar-refractivity contribution >= 4 is 5.91 Å². The predicted octanol–water partition coefficient (Wildman–Crippen LogP) is 6.37. The summed E-state index contributed by atoms with van der Waals surface area (Å²) in [7, 11) is 0. The molecular weight excluding hydrogens is 313 g/mol. The molecule has 0 aromatic heterocycles. The minimum Gasteiger partial charge on any atom is -0.343 e. The van der Waals surface area contributed by atoms with Gasteiger partial charge in [0.15, 0.2) is 0 Å². The standard InChI is InChI=1S/C22H38FNO/c23-19-15-13-11-9-7-5-3-1-2-4-6-8-10-12-14-18-22(25)24-20-16-17-21-24/h1-2,5,7H,3-4,6,8-21H2/b2-1-,7-5-. The lowest BCUT2D eigenvalue weighted by Crippen LogP contribution is -2.27. The molecule has 0 aliphatic carbocycles. The summed E-state index contributed by atoms with van der Waals surface area (Å²) in [5, 5.41) is 0. The third-order valence-electron chi connectivity index (χ3n) is 4.83. The van der Waals surface area contributed by atoms with E-state index >= 15 is 0 Å². The van der Waals surface area contributed by atoms with Gasteiger partial charge < -0.3 is 4.90 Å². The fourth-order valence-electron chi connectivity index (χ4n) is 3.23. The van der Waals surface area contributed by atoms with Gasteiger partial charge in [0.25, 0.3) is 0 Å². The maximum atomic E-state index is 11.9. The Hall–Kier alpha value is -1.12. The molecule has 1 rings (SSSR count). The number of hydrogen-bond acceptors (Lipinski definition) is 1. The summed E-state index contributed by atoms with van der Waals surface area (Å²) in [6, 6.07) is 0. The molecule has 3 heteroatoms. The van der Waals surface area contributed by atoms with Crippen molar-refractivity contribution in [1.82, 2.24) is 4.90 Å². The van der Waals surface area contributed by atoms with Crippen molar-refractivity contribution in [2.24, 2.45) is 0 Å². The number of hydrogen-bond donors (Lipinski definition) is 0. The monoisotopic (exact) mass is 351 g/mol. The van der Waals surface area contributed by atoms with Crippen LogP contribution in [0, 0.1) is 0 Å². The maximum absolute atomic E-state index is 11.9. The van der Waals surface area contributed by atoms with Gasteiger partial charge in [-0.05, 0) is 57.8 Å². The lowest BCUT2D eigenvalue weighted by Gasteiger charge is -2.14. The van der Waals surface area contributed by atoms with Crippen LogP contribution in [-0.4, -0.2) is 30.6 Å². The molecule has 25 heavy (non-hydrogen) atoms. The molecule has 0 bridgehead atoms. The van der Waals surface area contributed by atoms with Gasteiger partial charge in [0.05, 0.1) is 6.67 Å². The van der Waals surface area contributed by atoms with E-state index in [9.17, 15) is 9.18 Å². The molecule has 0 unspecified atom stereocenters. The summed E-state index contributed by atoms with van der Waals surface area (Å²) in [4.78, 5) is 13.9. The molecule has 0 aromatic carbocycles. The van der Waals surface area contributed by atoms with Crippen molar-refractivity contribution in [3.05, 3.63) is 24.3 Å². The van der Waals surface area contributed by atoms with Gasteiger partial charge in [-0.1, -0.05) is 50.0 Å². The van der Waals surface area contributed by atoms with Crippen molar-refractivity contribution in [3.8, 4) is 0 Å². The third kappa shape index (κ3) is 12.8. The van der Waals surface area contributed by atoms with E-state index in [4.69, 9.17) is 0 Å². The highest BCUT2D eigenvalue weighted by Crippen LogP contribution is 2.12. The first-order valence-corrected chi connectivity index (χ1v) is 10.5. The molecule has 0 atom stereocenters. The number of alkyl halides is 1. The number of carbonyl (C=O) groups excluding carboxylic acids is 1. The van der Waals surface area contributed by atoms with Crippen LogP contribution in [0.5, 0.6) is 0 Å². The van der Waals surface area contributed by atoms with E-state index in [0.29, 0.717) is 12.3 Å². The smallest absolute Gasteiger partial charge is 0.222 e. The molecule has 0 spiro atoms. The van der Waals surface area contributed by atoms with Gasteiger partial charge >= 0.3 is 0 Å². The van der Waals surface area contributed by atoms with Gasteiger partial charge in [-0.25, -0.2) is 0 Å². The van der Waals surface area contributed by atoms with E-state index in [0.717, 1.165) is 58.0 Å². The molecule has 2 nitrogen and oxygen atoms in total. The first-order chi connectivity index (χ1) is 12.3. The zero-order valence-corrected chi connectivity index (χ0v) is 16.1. The van der Waals surface area contributed by atoms with Crippen molar-refractivity contribution in [2.45, 2.75) is 89.9 Å². The fourth-order valence-corrected chi connectivity index (χ4v) is 3.23. The molecule has 1 aliphatic heterocycles. The molecule has 1 amide bonds. The lowest BCUT2D eigenvalue weighted by atomic mass is 10.1. The average Bonchev–Trinajstić information content (AvgIpc) is 3.16. The first kappa shape index (κ1) is 21.9. The summed E-state index contributed by atoms with van der Waals surface area (Å²) >= 11 is 0. The Morgan fingerprint density at radius 2 is 1.32 bits per heavy atom. The van der Waals surface area contributed by atoms with Crippen LogP contribution in [0.4, 0.5) is 4.39 Å². The maximum Gasteiger partial charge on any atom is 0.222 e. The molecule has 0 saturated carbocycles. The Bertz CT molecular complexity index is 372. The molecule has 0 aromatic rings. The van der Waals surface area contributed by atoms with Crippen LogP contribution in [0.15, 0.2) is 24.3 Å². The lowest BCUT2D eigenvalue weighted by molar-refractivity contribution is -0.130. The summed E-state index contributed by atoms with van der Waals surface area (Å²) in [5.74, 6) is 0.371. The van der Waals surface area contributed by atoms with Crippen LogP contribution in [0.2, 0.25) is 0 Å². The van der Waals surface area contributed by atoms with Crippen LogP contribution in [0.1, 0.15) is 89.9 Å². The summed E-state index contributed by atoms with van der Waals surface area (Å²) in [5.41, 5.74) is 0. The van der Waals surface area contributed by atoms with Gasteiger partial charge in [0, 0.05) is 19.5 Å². The highest BCUT2D eigenvalue weighted by molar-refractivity contribution is 5.76. The Labute approximate surface area is 154 Å². The van der Waals surface area contributed by atoms with Crippen molar-refractivity contribution < 1.29 is 9.18 Å². The van der Waals surface area contributed by atoms with Gasteiger partial charge in [-0.2, -0.15) is 0 Å². The molecule has 1 aliphatic rings. The van der Waals surface area contributed by atoms with Crippen LogP contribution >= 0.6 is 0 Å². The largest absolute Gasteiger partial charge is 0.343 e. The van der Waals surface area contributed by atoms with Crippen LogP contribution in [0.25, 0.3) is 0 Å². The van der Waals surface area contributed by atoms with E-state index in [1.165, 1.54) is 38.5 Å². The fraction of sp³-hybridized carbons (Fsp3) is 0.773. The normalized spacial score (nSPS) is 15.0. The van der Waals surface area contributed by atoms with E-state index < -0.39 is 0 Å². The van der Waals surface area contributed by atoms with Crippen LogP contribution < -0.4 is 0 Å². The number of halogens is 1. The SMILES string of the molecule is O=C(CCCCCCC/C=C\C/C=C\CCCCCF)N1CCCC1. The van der Waals surface area contributed by atoms with Crippen LogP contribution in [0.3, 0.4) is 0 Å². The van der Waals surface area contributed by atoms with Gasteiger partial charge in [-0.3, -0.25) is 9.18 Å². The second kappa shape index (κ2) is 16.4. The zero-order chi connectivity index (χ0) is 18.0. The number of likely N-dealkylation sites (tertiary alicyclic amines) is 1. The summed E-state index contributed by atoms with van der Waals surface area (Å²) in [6.07, 6.45) is 24.2. The van der Waals surface area contributed by atoms with Gasteiger partial charge in [0.2, 0.25) is 5.91 Å². The molecule has 1 fully saturated rings. The number of unbranched alkanes of at least 4 members (excludes halogenated alkanes) is 8. The van der Waals surface area contributed by atoms with Crippen molar-refractivity contribution in [1.29, 1.82) is 0 Å². The highest BCUT2D eigenvalue weighted by atomic mass is 19.1. The topological polar surface area (TPSA) is 20.3 Å². The van der Waals surface area contributed by atoms with E-state index in [2.05, 4.69) is 24.3 Å². The Kier molecular flexibility index (Phi) is 14.3. The summed E-state index contributed by atoms with van der Waals surface area (Å²) < 4.78 is 11.9. The van der Waals surface area contributed by atoms with Crippen LogP contribution in [-0.2, 0) is 4.79 Å². The first-order valence-electron chi connectivity index (χ1n) is 10.5. The molecule has 0 radical (unpaired) electrons.